The summed E-state index contributed by atoms with van der Waals surface area (Å²) in [5.74, 6) is 1.14. The van der Waals surface area contributed by atoms with E-state index in [-0.39, 0.29) is 0 Å². The monoisotopic (exact) mass is 307 g/mol. The van der Waals surface area contributed by atoms with E-state index in [9.17, 15) is 0 Å². The van der Waals surface area contributed by atoms with Crippen LogP contribution in [0.25, 0.3) is 5.65 Å². The van der Waals surface area contributed by atoms with E-state index in [4.69, 9.17) is 0 Å². The lowest BCUT2D eigenvalue weighted by Gasteiger charge is -2.35. The number of rotatable bonds is 3. The summed E-state index contributed by atoms with van der Waals surface area (Å²) in [5.41, 5.74) is 3.37. The molecule has 2 aromatic heterocycles. The number of aromatic nitrogens is 3. The van der Waals surface area contributed by atoms with Crippen LogP contribution in [0.5, 0.6) is 0 Å². The largest absolute Gasteiger partial charge is 0.353 e. The van der Waals surface area contributed by atoms with E-state index < -0.39 is 0 Å². The van der Waals surface area contributed by atoms with Crippen molar-refractivity contribution in [2.45, 2.75) is 19.4 Å². The standard InChI is InChI=1S/C18H21N5/c1-2-15-12-18(23-17(21-15)8-9-20-23)22-11-10-19-16(13-22)14-6-4-3-5-7-14/h3-9,12,16,19H,2,10-11,13H2,1H3/t16-/m1/s1. The Morgan fingerprint density at radius 3 is 2.91 bits per heavy atom. The van der Waals surface area contributed by atoms with Gasteiger partial charge in [0.25, 0.3) is 0 Å². The predicted octanol–water partition coefficient (Wildman–Crippen LogP) is 2.44. The van der Waals surface area contributed by atoms with Crippen LogP contribution in [0, 0.1) is 0 Å². The second-order valence-electron chi connectivity index (χ2n) is 5.92. The van der Waals surface area contributed by atoms with Crippen LogP contribution in [0.4, 0.5) is 5.82 Å². The number of hydrogen-bond acceptors (Lipinski definition) is 4. The number of anilines is 1. The third kappa shape index (κ3) is 2.68. The fourth-order valence-electron chi connectivity index (χ4n) is 3.22. The maximum Gasteiger partial charge on any atom is 0.157 e. The van der Waals surface area contributed by atoms with Crippen LogP contribution in [-0.2, 0) is 6.42 Å². The van der Waals surface area contributed by atoms with Gasteiger partial charge in [0.2, 0.25) is 0 Å². The highest BCUT2D eigenvalue weighted by Crippen LogP contribution is 2.23. The van der Waals surface area contributed by atoms with Crippen LogP contribution in [-0.4, -0.2) is 34.2 Å². The zero-order valence-corrected chi connectivity index (χ0v) is 13.3. The molecule has 5 heteroatoms. The van der Waals surface area contributed by atoms with Crippen LogP contribution in [0.3, 0.4) is 0 Å². The van der Waals surface area contributed by atoms with Gasteiger partial charge in [-0.3, -0.25) is 0 Å². The highest BCUT2D eigenvalue weighted by atomic mass is 15.4. The van der Waals surface area contributed by atoms with Gasteiger partial charge in [0.05, 0.1) is 6.20 Å². The van der Waals surface area contributed by atoms with Gasteiger partial charge in [-0.05, 0) is 12.0 Å². The molecule has 3 heterocycles. The second-order valence-corrected chi connectivity index (χ2v) is 5.92. The highest BCUT2D eigenvalue weighted by Gasteiger charge is 2.23. The van der Waals surface area contributed by atoms with Crippen molar-refractivity contribution < 1.29 is 0 Å². The molecule has 1 atom stereocenters. The molecule has 0 radical (unpaired) electrons. The van der Waals surface area contributed by atoms with Gasteiger partial charge in [-0.1, -0.05) is 37.3 Å². The normalized spacial score (nSPS) is 18.5. The first-order chi connectivity index (χ1) is 11.3. The summed E-state index contributed by atoms with van der Waals surface area (Å²) in [6, 6.07) is 15.1. The molecule has 1 aromatic carbocycles. The average molecular weight is 307 g/mol. The maximum atomic E-state index is 4.64. The summed E-state index contributed by atoms with van der Waals surface area (Å²) in [5, 5.41) is 8.08. The fraction of sp³-hybridized carbons (Fsp3) is 0.333. The Morgan fingerprint density at radius 2 is 2.09 bits per heavy atom. The topological polar surface area (TPSA) is 45.5 Å². The number of nitrogens with zero attached hydrogens (tertiary/aromatic N) is 4. The molecule has 1 fully saturated rings. The molecule has 0 bridgehead atoms. The van der Waals surface area contributed by atoms with Gasteiger partial charge >= 0.3 is 0 Å². The van der Waals surface area contributed by atoms with Gasteiger partial charge in [0, 0.05) is 43.5 Å². The van der Waals surface area contributed by atoms with Crippen molar-refractivity contribution in [1.82, 2.24) is 19.9 Å². The van der Waals surface area contributed by atoms with Crippen LogP contribution >= 0.6 is 0 Å². The Balaban J connectivity index is 1.69. The lowest BCUT2D eigenvalue weighted by molar-refractivity contribution is 0.467. The van der Waals surface area contributed by atoms with Crippen molar-refractivity contribution in [1.29, 1.82) is 0 Å². The number of nitrogens with one attached hydrogen (secondary N) is 1. The molecule has 1 aliphatic rings. The first kappa shape index (κ1) is 14.2. The Kier molecular flexibility index (Phi) is 3.71. The molecule has 0 aliphatic carbocycles. The van der Waals surface area contributed by atoms with Gasteiger partial charge in [-0.15, -0.1) is 0 Å². The summed E-state index contributed by atoms with van der Waals surface area (Å²) in [7, 11) is 0. The van der Waals surface area contributed by atoms with E-state index in [1.807, 2.05) is 16.8 Å². The second kappa shape index (κ2) is 6.01. The molecule has 1 N–H and O–H groups in total. The van der Waals surface area contributed by atoms with Gasteiger partial charge in [-0.25, -0.2) is 4.98 Å². The van der Waals surface area contributed by atoms with Gasteiger partial charge in [0.15, 0.2) is 5.65 Å². The first-order valence-corrected chi connectivity index (χ1v) is 8.22. The van der Waals surface area contributed by atoms with Crippen LogP contribution in [0.15, 0.2) is 48.7 Å². The predicted molar refractivity (Wildman–Crippen MR) is 91.8 cm³/mol. The Morgan fingerprint density at radius 1 is 1.22 bits per heavy atom. The van der Waals surface area contributed by atoms with Crippen molar-refractivity contribution in [2.75, 3.05) is 24.5 Å². The Labute approximate surface area is 136 Å². The van der Waals surface area contributed by atoms with E-state index in [0.717, 1.165) is 43.2 Å². The number of hydrogen-bond donors (Lipinski definition) is 1. The number of fused-ring (bicyclic) bond motifs is 1. The highest BCUT2D eigenvalue weighted by molar-refractivity contribution is 5.51. The molecule has 118 valence electrons. The van der Waals surface area contributed by atoms with Crippen LogP contribution in [0.1, 0.15) is 24.2 Å². The lowest BCUT2D eigenvalue weighted by Crippen LogP contribution is -2.46. The Hall–Kier alpha value is -2.40. The van der Waals surface area contributed by atoms with E-state index in [1.165, 1.54) is 5.56 Å². The quantitative estimate of drug-likeness (QED) is 0.807. The van der Waals surface area contributed by atoms with Crippen molar-refractivity contribution >= 4 is 11.5 Å². The van der Waals surface area contributed by atoms with E-state index >= 15 is 0 Å². The fourth-order valence-corrected chi connectivity index (χ4v) is 3.22. The van der Waals surface area contributed by atoms with Gasteiger partial charge in [-0.2, -0.15) is 9.61 Å². The molecular weight excluding hydrogens is 286 g/mol. The van der Waals surface area contributed by atoms with E-state index in [1.54, 1.807) is 0 Å². The molecule has 0 spiro atoms. The summed E-state index contributed by atoms with van der Waals surface area (Å²) >= 11 is 0. The summed E-state index contributed by atoms with van der Waals surface area (Å²) in [6.07, 6.45) is 2.75. The zero-order valence-electron chi connectivity index (χ0n) is 13.3. The minimum absolute atomic E-state index is 0.341. The lowest BCUT2D eigenvalue weighted by atomic mass is 10.0. The first-order valence-electron chi connectivity index (χ1n) is 8.22. The summed E-state index contributed by atoms with van der Waals surface area (Å²) < 4.78 is 1.95. The van der Waals surface area contributed by atoms with Crippen molar-refractivity contribution in [3.05, 3.63) is 59.9 Å². The molecule has 23 heavy (non-hydrogen) atoms. The summed E-state index contributed by atoms with van der Waals surface area (Å²) in [6.45, 7) is 5.02. The SMILES string of the molecule is CCc1cc(N2CCN[C@@H](c3ccccc3)C2)n2nccc2n1. The van der Waals surface area contributed by atoms with Crippen molar-refractivity contribution in [3.63, 3.8) is 0 Å². The zero-order chi connectivity index (χ0) is 15.6. The van der Waals surface area contributed by atoms with Crippen molar-refractivity contribution in [3.8, 4) is 0 Å². The van der Waals surface area contributed by atoms with Crippen LogP contribution < -0.4 is 10.2 Å². The molecule has 4 rings (SSSR count). The van der Waals surface area contributed by atoms with Crippen molar-refractivity contribution in [2.24, 2.45) is 0 Å². The molecule has 0 unspecified atom stereocenters. The summed E-state index contributed by atoms with van der Waals surface area (Å²) in [4.78, 5) is 7.06. The number of benzene rings is 1. The van der Waals surface area contributed by atoms with Gasteiger partial charge < -0.3 is 10.2 Å². The third-order valence-electron chi connectivity index (χ3n) is 4.46. The molecule has 1 saturated heterocycles. The smallest absolute Gasteiger partial charge is 0.157 e. The number of aryl methyl sites for hydroxylation is 1. The van der Waals surface area contributed by atoms with Gasteiger partial charge in [0.1, 0.15) is 5.82 Å². The molecule has 1 aliphatic heterocycles. The molecule has 3 aromatic rings. The molecular formula is C18H21N5. The molecule has 5 nitrogen and oxygen atoms in total. The molecule has 0 saturated carbocycles. The Bertz CT molecular complexity index is 796. The van der Waals surface area contributed by atoms with Crippen LogP contribution in [0.2, 0.25) is 0 Å². The third-order valence-corrected chi connectivity index (χ3v) is 4.46. The number of piperazine rings is 1. The molecule has 0 amide bonds. The average Bonchev–Trinajstić information content (AvgIpc) is 3.10. The minimum atomic E-state index is 0.341. The maximum absolute atomic E-state index is 4.64. The minimum Gasteiger partial charge on any atom is -0.353 e. The van der Waals surface area contributed by atoms with E-state index in [0.29, 0.717) is 6.04 Å². The van der Waals surface area contributed by atoms with E-state index in [2.05, 4.69) is 63.6 Å².